The predicted molar refractivity (Wildman–Crippen MR) is 96.2 cm³/mol. The zero-order valence-electron chi connectivity index (χ0n) is 15.2. The van der Waals surface area contributed by atoms with Crippen molar-refractivity contribution >= 4 is 17.7 Å². The Balaban J connectivity index is 1.45. The lowest BCUT2D eigenvalue weighted by atomic mass is 9.92. The number of rotatable bonds is 6. The van der Waals surface area contributed by atoms with Crippen LogP contribution in [0.2, 0.25) is 0 Å². The van der Waals surface area contributed by atoms with Crippen molar-refractivity contribution in [3.63, 3.8) is 0 Å². The average Bonchev–Trinajstić information content (AvgIpc) is 2.95. The number of anilines is 1. The number of hydrogen-bond acceptors (Lipinski definition) is 7. The van der Waals surface area contributed by atoms with Gasteiger partial charge in [-0.1, -0.05) is 30.3 Å². The number of ether oxygens (including phenoxy) is 3. The molecular weight excluding hydrogens is 366 g/mol. The van der Waals surface area contributed by atoms with E-state index in [1.165, 1.54) is 23.8 Å². The van der Waals surface area contributed by atoms with Crippen LogP contribution in [0, 0.1) is 0 Å². The summed E-state index contributed by atoms with van der Waals surface area (Å²) in [6, 6.07) is 11.1. The van der Waals surface area contributed by atoms with Crippen molar-refractivity contribution in [2.24, 2.45) is 0 Å². The maximum atomic E-state index is 12.3. The number of nitrogens with zero attached hydrogens (tertiary/aromatic N) is 2. The van der Waals surface area contributed by atoms with Crippen LogP contribution in [0.4, 0.5) is 5.82 Å². The molecule has 0 spiro atoms. The van der Waals surface area contributed by atoms with Gasteiger partial charge in [-0.15, -0.1) is 0 Å². The lowest BCUT2D eigenvalue weighted by molar-refractivity contribution is -0.237. The van der Waals surface area contributed by atoms with Crippen LogP contribution in [0.5, 0.6) is 0 Å². The Bertz CT molecular complexity index is 960. The van der Waals surface area contributed by atoms with Crippen LogP contribution in [-0.2, 0) is 30.4 Å². The zero-order valence-corrected chi connectivity index (χ0v) is 15.2. The number of amides is 1. The molecule has 9 heteroatoms. The molecule has 9 nitrogen and oxygen atoms in total. The van der Waals surface area contributed by atoms with Crippen molar-refractivity contribution in [1.29, 1.82) is 0 Å². The van der Waals surface area contributed by atoms with Crippen molar-refractivity contribution < 1.29 is 23.8 Å². The maximum absolute atomic E-state index is 12.3. The van der Waals surface area contributed by atoms with E-state index in [9.17, 15) is 14.4 Å². The molecule has 3 heterocycles. The van der Waals surface area contributed by atoms with Crippen LogP contribution in [0.1, 0.15) is 25.1 Å². The Morgan fingerprint density at radius 3 is 2.79 bits per heavy atom. The van der Waals surface area contributed by atoms with E-state index in [4.69, 9.17) is 14.2 Å². The van der Waals surface area contributed by atoms with E-state index >= 15 is 0 Å². The summed E-state index contributed by atoms with van der Waals surface area (Å²) in [6.45, 7) is 1.70. The van der Waals surface area contributed by atoms with Gasteiger partial charge >= 0.3 is 11.7 Å². The molecular formula is C19H19N3O6. The number of nitrogens with one attached hydrogen (secondary N) is 1. The maximum Gasteiger partial charge on any atom is 0.351 e. The van der Waals surface area contributed by atoms with Gasteiger partial charge < -0.3 is 19.5 Å². The third kappa shape index (κ3) is 3.30. The van der Waals surface area contributed by atoms with Crippen molar-refractivity contribution in [3.05, 3.63) is 58.6 Å². The molecule has 0 aliphatic carbocycles. The van der Waals surface area contributed by atoms with Crippen LogP contribution in [0.25, 0.3) is 0 Å². The van der Waals surface area contributed by atoms with E-state index in [1.807, 2.05) is 30.3 Å². The Kier molecular flexibility index (Phi) is 4.70. The first kappa shape index (κ1) is 18.3. The fraction of sp³-hybridized carbons (Fsp3) is 0.368. The summed E-state index contributed by atoms with van der Waals surface area (Å²) in [4.78, 5) is 39.3. The summed E-state index contributed by atoms with van der Waals surface area (Å²) in [5, 5.41) is 2.45. The van der Waals surface area contributed by atoms with Crippen molar-refractivity contribution in [1.82, 2.24) is 9.55 Å². The first-order valence-electron chi connectivity index (χ1n) is 8.85. The van der Waals surface area contributed by atoms with Gasteiger partial charge in [0.2, 0.25) is 11.5 Å². The van der Waals surface area contributed by atoms with Crippen molar-refractivity contribution in [3.8, 4) is 0 Å². The SMILES string of the molecule is CC(=O)Nc1ccn([C@@H]2C[C@@H]3OC(=O)[C@]3(COCc3ccccc3)O2)c(=O)n1. The third-order valence-electron chi connectivity index (χ3n) is 4.75. The van der Waals surface area contributed by atoms with E-state index in [2.05, 4.69) is 10.3 Å². The summed E-state index contributed by atoms with van der Waals surface area (Å²) in [5.41, 5.74) is -0.827. The highest BCUT2D eigenvalue weighted by Crippen LogP contribution is 2.46. The number of hydrogen-bond donors (Lipinski definition) is 1. The minimum absolute atomic E-state index is 0.0358. The molecule has 3 atom stereocenters. The van der Waals surface area contributed by atoms with Gasteiger partial charge in [0.25, 0.3) is 0 Å². The first-order chi connectivity index (χ1) is 13.5. The van der Waals surface area contributed by atoms with Crippen LogP contribution in [0.3, 0.4) is 0 Å². The van der Waals surface area contributed by atoms with Gasteiger partial charge in [-0.2, -0.15) is 4.98 Å². The van der Waals surface area contributed by atoms with Gasteiger partial charge in [0, 0.05) is 19.5 Å². The molecule has 2 aliphatic heterocycles. The molecule has 1 aromatic heterocycles. The number of aromatic nitrogens is 2. The van der Waals surface area contributed by atoms with Crippen LogP contribution < -0.4 is 11.0 Å². The second kappa shape index (κ2) is 7.17. The highest BCUT2D eigenvalue weighted by atomic mass is 16.7. The minimum atomic E-state index is -1.21. The number of carbonyl (C=O) groups excluding carboxylic acids is 2. The molecule has 2 aliphatic rings. The molecule has 4 rings (SSSR count). The normalized spacial score (nSPS) is 25.5. The summed E-state index contributed by atoms with van der Waals surface area (Å²) < 4.78 is 18.1. The number of carbonyl (C=O) groups is 2. The Labute approximate surface area is 160 Å². The van der Waals surface area contributed by atoms with Crippen LogP contribution in [0.15, 0.2) is 47.4 Å². The van der Waals surface area contributed by atoms with Crippen LogP contribution >= 0.6 is 0 Å². The fourth-order valence-electron chi connectivity index (χ4n) is 3.37. The highest BCUT2D eigenvalue weighted by molar-refractivity contribution is 5.87. The van der Waals surface area contributed by atoms with Gasteiger partial charge in [0.1, 0.15) is 18.1 Å². The molecule has 0 radical (unpaired) electrons. The van der Waals surface area contributed by atoms with E-state index in [0.29, 0.717) is 13.0 Å². The Hall–Kier alpha value is -3.04. The molecule has 2 aromatic rings. The number of esters is 1. The Morgan fingerprint density at radius 2 is 2.11 bits per heavy atom. The van der Waals surface area contributed by atoms with Crippen LogP contribution in [-0.4, -0.2) is 39.7 Å². The largest absolute Gasteiger partial charge is 0.456 e. The minimum Gasteiger partial charge on any atom is -0.456 e. The molecule has 2 fully saturated rings. The smallest absolute Gasteiger partial charge is 0.351 e. The van der Waals surface area contributed by atoms with Gasteiger partial charge in [-0.25, -0.2) is 9.59 Å². The highest BCUT2D eigenvalue weighted by Gasteiger charge is 2.66. The summed E-state index contributed by atoms with van der Waals surface area (Å²) in [5.74, 6) is -0.666. The second-order valence-electron chi connectivity index (χ2n) is 6.75. The quantitative estimate of drug-likeness (QED) is 0.739. The molecule has 0 saturated carbocycles. The molecule has 1 N–H and O–H groups in total. The number of fused-ring (bicyclic) bond motifs is 1. The Morgan fingerprint density at radius 1 is 1.32 bits per heavy atom. The molecule has 2 saturated heterocycles. The molecule has 0 bridgehead atoms. The van der Waals surface area contributed by atoms with E-state index in [-0.39, 0.29) is 18.3 Å². The van der Waals surface area contributed by atoms with Crippen molar-refractivity contribution in [2.45, 2.75) is 37.9 Å². The lowest BCUT2D eigenvalue weighted by Crippen LogP contribution is -2.63. The van der Waals surface area contributed by atoms with E-state index in [0.717, 1.165) is 5.56 Å². The second-order valence-corrected chi connectivity index (χ2v) is 6.75. The molecule has 1 amide bonds. The van der Waals surface area contributed by atoms with E-state index < -0.39 is 29.6 Å². The average molecular weight is 385 g/mol. The van der Waals surface area contributed by atoms with Gasteiger partial charge in [-0.3, -0.25) is 9.36 Å². The van der Waals surface area contributed by atoms with Gasteiger partial charge in [0.15, 0.2) is 0 Å². The predicted octanol–water partition coefficient (Wildman–Crippen LogP) is 1.00. The van der Waals surface area contributed by atoms with Gasteiger partial charge in [0.05, 0.1) is 13.2 Å². The molecule has 146 valence electrons. The number of benzene rings is 1. The summed E-state index contributed by atoms with van der Waals surface area (Å²) in [6.07, 6.45) is 0.603. The third-order valence-corrected chi connectivity index (χ3v) is 4.75. The fourth-order valence-corrected chi connectivity index (χ4v) is 3.37. The first-order valence-corrected chi connectivity index (χ1v) is 8.85. The summed E-state index contributed by atoms with van der Waals surface area (Å²) >= 11 is 0. The topological polar surface area (TPSA) is 109 Å². The monoisotopic (exact) mass is 385 g/mol. The zero-order chi connectivity index (χ0) is 19.7. The molecule has 1 aromatic carbocycles. The molecule has 0 unspecified atom stereocenters. The summed E-state index contributed by atoms with van der Waals surface area (Å²) in [7, 11) is 0. The van der Waals surface area contributed by atoms with Crippen molar-refractivity contribution in [2.75, 3.05) is 11.9 Å². The lowest BCUT2D eigenvalue weighted by Gasteiger charge is -2.40. The standard InChI is InChI=1S/C19H19N3O6/c1-12(23)20-15-7-8-22(18(25)21-15)16-9-14-19(28-16,17(24)27-14)11-26-10-13-5-3-2-4-6-13/h2-8,14,16H,9-11H2,1H3,(H,20,21,23,25)/t14-,16-,19+/m0/s1. The molecule has 28 heavy (non-hydrogen) atoms. The van der Waals surface area contributed by atoms with Gasteiger partial charge in [-0.05, 0) is 11.6 Å². The van der Waals surface area contributed by atoms with E-state index in [1.54, 1.807) is 0 Å².